The standard InChI is InChI=1S/C16H24F2N4O4S/c1-12(21-8-10-22(11-9-21)27(24,25)20(2)3)15(23)19-13-6-4-5-7-14(13)26-16(17)18/h4-7,12,16H,8-11H2,1-3H3,(H,19,23). The van der Waals surface area contributed by atoms with E-state index in [9.17, 15) is 22.0 Å². The number of halogens is 2. The number of ether oxygens (including phenoxy) is 1. The molecule has 152 valence electrons. The van der Waals surface area contributed by atoms with E-state index in [1.807, 2.05) is 4.90 Å². The Morgan fingerprint density at radius 1 is 1.19 bits per heavy atom. The van der Waals surface area contributed by atoms with Crippen LogP contribution in [0.3, 0.4) is 0 Å². The van der Waals surface area contributed by atoms with Gasteiger partial charge in [-0.05, 0) is 19.1 Å². The van der Waals surface area contributed by atoms with Crippen LogP contribution in [0.5, 0.6) is 5.75 Å². The molecule has 1 atom stereocenters. The summed E-state index contributed by atoms with van der Waals surface area (Å²) >= 11 is 0. The number of nitrogens with one attached hydrogen (secondary N) is 1. The van der Waals surface area contributed by atoms with Crippen LogP contribution in [0, 0.1) is 0 Å². The minimum absolute atomic E-state index is 0.116. The molecule has 1 aromatic rings. The number of piperazine rings is 1. The lowest BCUT2D eigenvalue weighted by molar-refractivity contribution is -0.121. The van der Waals surface area contributed by atoms with Crippen molar-refractivity contribution in [3.8, 4) is 5.75 Å². The smallest absolute Gasteiger partial charge is 0.387 e. The summed E-state index contributed by atoms with van der Waals surface area (Å²) in [6.07, 6.45) is 0. The van der Waals surface area contributed by atoms with Crippen molar-refractivity contribution in [2.75, 3.05) is 45.6 Å². The molecular weight excluding hydrogens is 382 g/mol. The summed E-state index contributed by atoms with van der Waals surface area (Å²) in [7, 11) is -0.545. The van der Waals surface area contributed by atoms with Gasteiger partial charge in [0.1, 0.15) is 5.75 Å². The maximum absolute atomic E-state index is 12.5. The van der Waals surface area contributed by atoms with E-state index in [4.69, 9.17) is 0 Å². The molecule has 0 saturated carbocycles. The summed E-state index contributed by atoms with van der Waals surface area (Å²) in [4.78, 5) is 14.3. The zero-order valence-corrected chi connectivity index (χ0v) is 16.2. The molecule has 0 aliphatic carbocycles. The number of alkyl halides is 2. The highest BCUT2D eigenvalue weighted by molar-refractivity contribution is 7.86. The number of para-hydroxylation sites is 2. The van der Waals surface area contributed by atoms with Crippen molar-refractivity contribution < 1.29 is 26.7 Å². The van der Waals surface area contributed by atoms with Gasteiger partial charge in [0.05, 0.1) is 11.7 Å². The monoisotopic (exact) mass is 406 g/mol. The molecule has 8 nitrogen and oxygen atoms in total. The highest BCUT2D eigenvalue weighted by atomic mass is 32.2. The number of carbonyl (C=O) groups excluding carboxylic acids is 1. The number of carbonyl (C=O) groups is 1. The van der Waals surface area contributed by atoms with Gasteiger partial charge in [-0.1, -0.05) is 12.1 Å². The summed E-state index contributed by atoms with van der Waals surface area (Å²) in [5.74, 6) is -0.501. The van der Waals surface area contributed by atoms with E-state index < -0.39 is 22.9 Å². The van der Waals surface area contributed by atoms with Gasteiger partial charge >= 0.3 is 6.61 Å². The van der Waals surface area contributed by atoms with E-state index in [0.717, 1.165) is 4.31 Å². The highest BCUT2D eigenvalue weighted by Gasteiger charge is 2.32. The molecule has 0 bridgehead atoms. The van der Waals surface area contributed by atoms with Crippen molar-refractivity contribution in [2.24, 2.45) is 0 Å². The SMILES string of the molecule is CC(C(=O)Nc1ccccc1OC(F)F)N1CCN(S(=O)(=O)N(C)C)CC1. The Morgan fingerprint density at radius 2 is 1.78 bits per heavy atom. The maximum atomic E-state index is 12.5. The van der Waals surface area contributed by atoms with Gasteiger partial charge in [0, 0.05) is 40.3 Å². The van der Waals surface area contributed by atoms with Crippen LogP contribution in [0.1, 0.15) is 6.92 Å². The Hall–Kier alpha value is -1.82. The maximum Gasteiger partial charge on any atom is 0.387 e. The van der Waals surface area contributed by atoms with E-state index in [2.05, 4.69) is 10.1 Å². The molecule has 1 heterocycles. The lowest BCUT2D eigenvalue weighted by Crippen LogP contribution is -2.55. The lowest BCUT2D eigenvalue weighted by atomic mass is 10.2. The number of benzene rings is 1. The minimum Gasteiger partial charge on any atom is -0.433 e. The van der Waals surface area contributed by atoms with Crippen LogP contribution in [0.25, 0.3) is 0 Å². The predicted octanol–water partition coefficient (Wildman–Crippen LogP) is 1.04. The summed E-state index contributed by atoms with van der Waals surface area (Å²) in [6, 6.07) is 5.39. The van der Waals surface area contributed by atoms with Crippen LogP contribution in [0.15, 0.2) is 24.3 Å². The van der Waals surface area contributed by atoms with Gasteiger partial charge in [0.15, 0.2) is 0 Å². The molecule has 11 heteroatoms. The molecule has 1 N–H and O–H groups in total. The van der Waals surface area contributed by atoms with Crippen LogP contribution >= 0.6 is 0 Å². The molecule has 1 saturated heterocycles. The number of nitrogens with zero attached hydrogens (tertiary/aromatic N) is 3. The third kappa shape index (κ3) is 5.34. The van der Waals surface area contributed by atoms with Gasteiger partial charge < -0.3 is 10.1 Å². The molecular formula is C16H24F2N4O4S. The summed E-state index contributed by atoms with van der Waals surface area (Å²) in [5.41, 5.74) is 0.156. The number of amides is 1. The first-order valence-electron chi connectivity index (χ1n) is 8.39. The molecule has 1 unspecified atom stereocenters. The first-order valence-corrected chi connectivity index (χ1v) is 9.79. The minimum atomic E-state index is -3.48. The predicted molar refractivity (Wildman–Crippen MR) is 96.9 cm³/mol. The fraction of sp³-hybridized carbons (Fsp3) is 0.562. The van der Waals surface area contributed by atoms with Crippen molar-refractivity contribution in [1.82, 2.24) is 13.5 Å². The van der Waals surface area contributed by atoms with Gasteiger partial charge in [-0.3, -0.25) is 9.69 Å². The van der Waals surface area contributed by atoms with E-state index in [1.165, 1.54) is 36.6 Å². The van der Waals surface area contributed by atoms with Crippen LogP contribution in [-0.4, -0.2) is 80.8 Å². The van der Waals surface area contributed by atoms with Crippen LogP contribution < -0.4 is 10.1 Å². The Labute approximate surface area is 157 Å². The molecule has 1 aliphatic heterocycles. The van der Waals surface area contributed by atoms with E-state index in [1.54, 1.807) is 13.0 Å². The summed E-state index contributed by atoms with van der Waals surface area (Å²) < 4.78 is 56.2. The van der Waals surface area contributed by atoms with Crippen molar-refractivity contribution >= 4 is 21.8 Å². The Morgan fingerprint density at radius 3 is 2.33 bits per heavy atom. The zero-order valence-electron chi connectivity index (χ0n) is 15.4. The third-order valence-corrected chi connectivity index (χ3v) is 6.29. The van der Waals surface area contributed by atoms with Crippen LogP contribution in [0.4, 0.5) is 14.5 Å². The van der Waals surface area contributed by atoms with Crippen molar-refractivity contribution in [3.63, 3.8) is 0 Å². The zero-order chi connectivity index (χ0) is 20.2. The lowest BCUT2D eigenvalue weighted by Gasteiger charge is -2.37. The molecule has 2 rings (SSSR count). The molecule has 27 heavy (non-hydrogen) atoms. The first kappa shape index (κ1) is 21.5. The van der Waals surface area contributed by atoms with E-state index in [0.29, 0.717) is 13.1 Å². The largest absolute Gasteiger partial charge is 0.433 e. The van der Waals surface area contributed by atoms with Gasteiger partial charge in [-0.25, -0.2) is 0 Å². The molecule has 1 aliphatic rings. The number of anilines is 1. The van der Waals surface area contributed by atoms with Gasteiger partial charge in [0.25, 0.3) is 10.2 Å². The second-order valence-corrected chi connectivity index (χ2v) is 8.41. The topological polar surface area (TPSA) is 82.2 Å². The van der Waals surface area contributed by atoms with Crippen molar-refractivity contribution in [3.05, 3.63) is 24.3 Å². The molecule has 0 radical (unpaired) electrons. The quantitative estimate of drug-likeness (QED) is 0.732. The average molecular weight is 406 g/mol. The normalized spacial score (nSPS) is 17.9. The Balaban J connectivity index is 1.97. The number of rotatable bonds is 7. The van der Waals surface area contributed by atoms with E-state index >= 15 is 0 Å². The van der Waals surface area contributed by atoms with Gasteiger partial charge in [-0.2, -0.15) is 25.8 Å². The summed E-state index contributed by atoms with van der Waals surface area (Å²) in [5, 5.41) is 2.59. The third-order valence-electron chi connectivity index (χ3n) is 4.35. The Kier molecular flexibility index (Phi) is 7.09. The molecule has 0 aromatic heterocycles. The number of hydrogen-bond acceptors (Lipinski definition) is 5. The average Bonchev–Trinajstić information content (AvgIpc) is 2.62. The second kappa shape index (κ2) is 8.91. The van der Waals surface area contributed by atoms with Crippen LogP contribution in [-0.2, 0) is 15.0 Å². The molecule has 1 aromatic carbocycles. The number of hydrogen-bond donors (Lipinski definition) is 1. The fourth-order valence-corrected chi connectivity index (χ4v) is 3.81. The second-order valence-electron chi connectivity index (χ2n) is 6.27. The molecule has 1 fully saturated rings. The fourth-order valence-electron chi connectivity index (χ4n) is 2.72. The van der Waals surface area contributed by atoms with Crippen molar-refractivity contribution in [1.29, 1.82) is 0 Å². The first-order chi connectivity index (χ1) is 12.6. The molecule has 1 amide bonds. The highest BCUT2D eigenvalue weighted by Crippen LogP contribution is 2.26. The Bertz CT molecular complexity index is 753. The van der Waals surface area contributed by atoms with Crippen LogP contribution in [0.2, 0.25) is 0 Å². The summed E-state index contributed by atoms with van der Waals surface area (Å²) in [6.45, 7) is -0.00512. The van der Waals surface area contributed by atoms with Crippen molar-refractivity contribution in [2.45, 2.75) is 19.6 Å². The molecule has 0 spiro atoms. The van der Waals surface area contributed by atoms with E-state index in [-0.39, 0.29) is 30.4 Å². The van der Waals surface area contributed by atoms with Gasteiger partial charge in [-0.15, -0.1) is 0 Å². The van der Waals surface area contributed by atoms with Gasteiger partial charge in [0.2, 0.25) is 5.91 Å².